The molecule has 0 aliphatic rings. The molecule has 0 fully saturated rings. The van der Waals surface area contributed by atoms with Gasteiger partial charge in [-0.2, -0.15) is 5.10 Å². The Bertz CT molecular complexity index is 592. The smallest absolute Gasteiger partial charge is 0.251 e. The van der Waals surface area contributed by atoms with Crippen molar-refractivity contribution in [3.8, 4) is 0 Å². The van der Waals surface area contributed by atoms with E-state index in [1.165, 1.54) is 0 Å². The number of aromatic nitrogens is 2. The van der Waals surface area contributed by atoms with E-state index in [-0.39, 0.29) is 18.4 Å². The largest absolute Gasteiger partial charge is 0.350 e. The van der Waals surface area contributed by atoms with E-state index in [1.54, 1.807) is 30.5 Å². The van der Waals surface area contributed by atoms with Crippen LogP contribution in [0.15, 0.2) is 36.5 Å². The van der Waals surface area contributed by atoms with E-state index in [1.807, 2.05) is 13.0 Å². The van der Waals surface area contributed by atoms with E-state index in [0.29, 0.717) is 12.1 Å². The summed E-state index contributed by atoms with van der Waals surface area (Å²) in [6.45, 7) is 2.22. The van der Waals surface area contributed by atoms with E-state index in [0.717, 1.165) is 11.3 Å². The molecule has 0 bridgehead atoms. The van der Waals surface area contributed by atoms with Gasteiger partial charge < -0.3 is 10.6 Å². The number of aryl methyl sites for hydroxylation is 1. The second-order valence-electron chi connectivity index (χ2n) is 4.35. The minimum absolute atomic E-state index is 0.0510. The van der Waals surface area contributed by atoms with Crippen LogP contribution < -0.4 is 10.6 Å². The fourth-order valence-corrected chi connectivity index (χ4v) is 1.66. The Morgan fingerprint density at radius 2 is 1.95 bits per heavy atom. The van der Waals surface area contributed by atoms with Crippen molar-refractivity contribution in [2.24, 2.45) is 0 Å². The third-order valence-corrected chi connectivity index (χ3v) is 2.86. The van der Waals surface area contributed by atoms with Crippen LogP contribution in [0.1, 0.15) is 21.6 Å². The molecule has 2 aromatic rings. The van der Waals surface area contributed by atoms with Crippen LogP contribution in [0.4, 0.5) is 0 Å². The summed E-state index contributed by atoms with van der Waals surface area (Å²) in [4.78, 5) is 23.4. The Morgan fingerprint density at radius 1 is 1.20 bits per heavy atom. The first kappa shape index (κ1) is 13.8. The number of aromatic amines is 1. The first-order valence-corrected chi connectivity index (χ1v) is 6.25. The molecule has 0 unspecified atom stereocenters. The monoisotopic (exact) mass is 272 g/mol. The predicted octanol–water partition coefficient (Wildman–Crippen LogP) is 0.764. The molecule has 104 valence electrons. The van der Waals surface area contributed by atoms with Gasteiger partial charge in [0, 0.05) is 23.4 Å². The van der Waals surface area contributed by atoms with Crippen molar-refractivity contribution < 1.29 is 9.59 Å². The SMILES string of the molecule is Cc1[nH]ncc1CNC(=O)CNC(=O)c1ccccc1. The second-order valence-corrected chi connectivity index (χ2v) is 4.35. The first-order chi connectivity index (χ1) is 9.66. The van der Waals surface area contributed by atoms with Crippen molar-refractivity contribution in [1.29, 1.82) is 0 Å². The molecular formula is C14H16N4O2. The lowest BCUT2D eigenvalue weighted by molar-refractivity contribution is -0.120. The van der Waals surface area contributed by atoms with Crippen molar-refractivity contribution in [2.75, 3.05) is 6.54 Å². The van der Waals surface area contributed by atoms with Crippen LogP contribution >= 0.6 is 0 Å². The third kappa shape index (κ3) is 3.68. The molecule has 2 rings (SSSR count). The molecular weight excluding hydrogens is 256 g/mol. The molecule has 0 saturated carbocycles. The summed E-state index contributed by atoms with van der Waals surface area (Å²) in [7, 11) is 0. The molecule has 20 heavy (non-hydrogen) atoms. The maximum Gasteiger partial charge on any atom is 0.251 e. The highest BCUT2D eigenvalue weighted by Crippen LogP contribution is 2.01. The number of nitrogens with zero attached hydrogens (tertiary/aromatic N) is 1. The number of H-pyrrole nitrogens is 1. The summed E-state index contributed by atoms with van der Waals surface area (Å²) in [5.74, 6) is -0.505. The van der Waals surface area contributed by atoms with E-state index in [4.69, 9.17) is 0 Å². The highest BCUT2D eigenvalue weighted by Gasteiger charge is 2.08. The van der Waals surface area contributed by atoms with Gasteiger partial charge in [-0.1, -0.05) is 18.2 Å². The van der Waals surface area contributed by atoms with Gasteiger partial charge >= 0.3 is 0 Å². The molecule has 1 aromatic carbocycles. The second kappa shape index (κ2) is 6.51. The number of rotatable bonds is 5. The van der Waals surface area contributed by atoms with Crippen molar-refractivity contribution in [2.45, 2.75) is 13.5 Å². The van der Waals surface area contributed by atoms with Crippen LogP contribution in [0.25, 0.3) is 0 Å². The number of benzene rings is 1. The maximum atomic E-state index is 11.7. The molecule has 1 aromatic heterocycles. The Balaban J connectivity index is 1.75. The Labute approximate surface area is 116 Å². The van der Waals surface area contributed by atoms with Crippen molar-refractivity contribution in [1.82, 2.24) is 20.8 Å². The molecule has 0 atom stereocenters. The summed E-state index contributed by atoms with van der Waals surface area (Å²) in [5.41, 5.74) is 2.37. The molecule has 0 saturated heterocycles. The lowest BCUT2D eigenvalue weighted by atomic mass is 10.2. The molecule has 2 amide bonds. The number of hydrogen-bond donors (Lipinski definition) is 3. The Morgan fingerprint density at radius 3 is 2.60 bits per heavy atom. The minimum atomic E-state index is -0.264. The van der Waals surface area contributed by atoms with Crippen LogP contribution in [-0.4, -0.2) is 28.6 Å². The van der Waals surface area contributed by atoms with Crippen molar-refractivity contribution in [3.05, 3.63) is 53.3 Å². The van der Waals surface area contributed by atoms with E-state index < -0.39 is 0 Å². The lowest BCUT2D eigenvalue weighted by Crippen LogP contribution is -2.36. The quantitative estimate of drug-likeness (QED) is 0.751. The summed E-state index contributed by atoms with van der Waals surface area (Å²) in [5, 5.41) is 11.9. The number of hydrogen-bond acceptors (Lipinski definition) is 3. The zero-order chi connectivity index (χ0) is 14.4. The predicted molar refractivity (Wildman–Crippen MR) is 73.9 cm³/mol. The number of carbonyl (C=O) groups is 2. The molecule has 3 N–H and O–H groups in total. The summed E-state index contributed by atoms with van der Waals surface area (Å²) in [6, 6.07) is 8.77. The molecule has 6 heteroatoms. The molecule has 0 spiro atoms. The average Bonchev–Trinajstić information content (AvgIpc) is 2.89. The first-order valence-electron chi connectivity index (χ1n) is 6.25. The van der Waals surface area contributed by atoms with Gasteiger partial charge in [0.25, 0.3) is 5.91 Å². The standard InChI is InChI=1S/C14H16N4O2/c1-10-12(8-17-18-10)7-15-13(19)9-16-14(20)11-5-3-2-4-6-11/h2-6,8H,7,9H2,1H3,(H,15,19)(H,16,20)(H,17,18). The zero-order valence-electron chi connectivity index (χ0n) is 11.1. The summed E-state index contributed by atoms with van der Waals surface area (Å²) < 4.78 is 0. The van der Waals surface area contributed by atoms with Crippen molar-refractivity contribution >= 4 is 11.8 Å². The van der Waals surface area contributed by atoms with Crippen LogP contribution in [0.5, 0.6) is 0 Å². The molecule has 1 heterocycles. The number of nitrogens with one attached hydrogen (secondary N) is 3. The average molecular weight is 272 g/mol. The summed E-state index contributed by atoms with van der Waals surface area (Å²) >= 11 is 0. The van der Waals surface area contributed by atoms with Gasteiger partial charge in [-0.15, -0.1) is 0 Å². The number of amides is 2. The van der Waals surface area contributed by atoms with Crippen LogP contribution in [0.3, 0.4) is 0 Å². The highest BCUT2D eigenvalue weighted by atomic mass is 16.2. The van der Waals surface area contributed by atoms with Gasteiger partial charge in [0.1, 0.15) is 0 Å². The molecule has 6 nitrogen and oxygen atoms in total. The fraction of sp³-hybridized carbons (Fsp3) is 0.214. The minimum Gasteiger partial charge on any atom is -0.350 e. The highest BCUT2D eigenvalue weighted by molar-refractivity contribution is 5.96. The topological polar surface area (TPSA) is 86.9 Å². The molecule has 0 aliphatic carbocycles. The van der Waals surface area contributed by atoms with Crippen LogP contribution in [0.2, 0.25) is 0 Å². The van der Waals surface area contributed by atoms with Crippen LogP contribution in [-0.2, 0) is 11.3 Å². The van der Waals surface area contributed by atoms with Gasteiger partial charge in [-0.25, -0.2) is 0 Å². The van der Waals surface area contributed by atoms with Crippen molar-refractivity contribution in [3.63, 3.8) is 0 Å². The summed E-state index contributed by atoms with van der Waals surface area (Å²) in [6.07, 6.45) is 1.66. The zero-order valence-corrected chi connectivity index (χ0v) is 11.1. The lowest BCUT2D eigenvalue weighted by Gasteiger charge is -2.06. The van der Waals surface area contributed by atoms with Gasteiger partial charge in [0.15, 0.2) is 0 Å². The normalized spacial score (nSPS) is 10.1. The van der Waals surface area contributed by atoms with Gasteiger partial charge in [-0.05, 0) is 19.1 Å². The van der Waals surface area contributed by atoms with E-state index in [9.17, 15) is 9.59 Å². The van der Waals surface area contributed by atoms with Gasteiger partial charge in [0.05, 0.1) is 12.7 Å². The van der Waals surface area contributed by atoms with Gasteiger partial charge in [-0.3, -0.25) is 14.7 Å². The molecule has 0 radical (unpaired) electrons. The molecule has 0 aliphatic heterocycles. The maximum absolute atomic E-state index is 11.7. The number of carbonyl (C=O) groups excluding carboxylic acids is 2. The Hall–Kier alpha value is -2.63. The fourth-order valence-electron chi connectivity index (χ4n) is 1.66. The Kier molecular flexibility index (Phi) is 4.49. The third-order valence-electron chi connectivity index (χ3n) is 2.86. The van der Waals surface area contributed by atoms with Gasteiger partial charge in [0.2, 0.25) is 5.91 Å². The van der Waals surface area contributed by atoms with E-state index in [2.05, 4.69) is 20.8 Å². The van der Waals surface area contributed by atoms with E-state index >= 15 is 0 Å². The van der Waals surface area contributed by atoms with Crippen LogP contribution in [0, 0.1) is 6.92 Å².